The van der Waals surface area contributed by atoms with E-state index in [1.54, 1.807) is 44.2 Å². The maximum Gasteiger partial charge on any atom is 0.459 e. The SMILES string of the molecule is CC(C)OC(=O)C(C)NP(=O)(OC[C@@H]1C[C@H](Cl)C(Oc2ncc(Br)nc2C(N)=O)O1)Oc1ccccc1. The molecule has 1 fully saturated rings. The number of primary amides is 1. The third-order valence-electron chi connectivity index (χ3n) is 4.74. The summed E-state index contributed by atoms with van der Waals surface area (Å²) < 4.78 is 41.7. The molecule has 3 unspecified atom stereocenters. The zero-order valence-corrected chi connectivity index (χ0v) is 23.4. The third kappa shape index (κ3) is 8.62. The molecular weight excluding hydrogens is 595 g/mol. The van der Waals surface area contributed by atoms with E-state index >= 15 is 0 Å². The molecule has 1 aromatic heterocycles. The van der Waals surface area contributed by atoms with Crippen molar-refractivity contribution < 1.29 is 37.4 Å². The van der Waals surface area contributed by atoms with Gasteiger partial charge in [-0.25, -0.2) is 14.5 Å². The minimum Gasteiger partial charge on any atom is -0.462 e. The normalized spacial score (nSPS) is 21.7. The van der Waals surface area contributed by atoms with E-state index in [0.29, 0.717) is 4.60 Å². The fourth-order valence-electron chi connectivity index (χ4n) is 3.13. The number of rotatable bonds is 12. The highest BCUT2D eigenvalue weighted by Gasteiger charge is 2.40. The molecule has 2 heterocycles. The van der Waals surface area contributed by atoms with Crippen LogP contribution < -0.4 is 20.1 Å². The molecule has 1 aliphatic heterocycles. The highest BCUT2D eigenvalue weighted by molar-refractivity contribution is 9.10. The average Bonchev–Trinajstić information content (AvgIpc) is 3.18. The maximum absolute atomic E-state index is 13.6. The van der Waals surface area contributed by atoms with E-state index in [9.17, 15) is 14.2 Å². The number of benzene rings is 1. The van der Waals surface area contributed by atoms with E-state index in [2.05, 4.69) is 31.0 Å². The van der Waals surface area contributed by atoms with Crippen molar-refractivity contribution in [3.05, 3.63) is 46.8 Å². The highest BCUT2D eigenvalue weighted by Crippen LogP contribution is 2.45. The Morgan fingerprint density at radius 3 is 2.65 bits per heavy atom. The molecular formula is C22H27BrClN4O8P. The number of nitrogens with one attached hydrogen (secondary N) is 1. The Morgan fingerprint density at radius 1 is 1.30 bits per heavy atom. The van der Waals surface area contributed by atoms with Crippen LogP contribution in [-0.2, 0) is 23.4 Å². The van der Waals surface area contributed by atoms with Crippen LogP contribution in [0.1, 0.15) is 37.7 Å². The number of carbonyl (C=O) groups is 2. The van der Waals surface area contributed by atoms with E-state index in [0.717, 1.165) is 0 Å². The molecule has 12 nitrogen and oxygen atoms in total. The number of aromatic nitrogens is 2. The molecule has 1 amide bonds. The van der Waals surface area contributed by atoms with Crippen LogP contribution in [0.3, 0.4) is 0 Å². The van der Waals surface area contributed by atoms with Gasteiger partial charge in [0.15, 0.2) is 5.69 Å². The zero-order chi connectivity index (χ0) is 27.2. The van der Waals surface area contributed by atoms with Crippen molar-refractivity contribution in [1.29, 1.82) is 0 Å². The van der Waals surface area contributed by atoms with E-state index in [-0.39, 0.29) is 36.5 Å². The molecule has 0 spiro atoms. The van der Waals surface area contributed by atoms with Crippen molar-refractivity contribution in [1.82, 2.24) is 15.1 Å². The first-order chi connectivity index (χ1) is 17.5. The van der Waals surface area contributed by atoms with Gasteiger partial charge in [0.25, 0.3) is 5.91 Å². The molecule has 0 aliphatic carbocycles. The number of hydrogen-bond acceptors (Lipinski definition) is 10. The number of esters is 1. The van der Waals surface area contributed by atoms with Gasteiger partial charge in [0, 0.05) is 0 Å². The van der Waals surface area contributed by atoms with Gasteiger partial charge in [0.2, 0.25) is 12.2 Å². The van der Waals surface area contributed by atoms with E-state index in [4.69, 9.17) is 40.6 Å². The molecule has 2 aromatic rings. The summed E-state index contributed by atoms with van der Waals surface area (Å²) in [6.45, 7) is 4.66. The molecule has 15 heteroatoms. The van der Waals surface area contributed by atoms with Crippen LogP contribution in [0.2, 0.25) is 0 Å². The van der Waals surface area contributed by atoms with Crippen molar-refractivity contribution in [2.45, 2.75) is 57.1 Å². The lowest BCUT2D eigenvalue weighted by Crippen LogP contribution is -2.36. The van der Waals surface area contributed by atoms with Gasteiger partial charge in [-0.15, -0.1) is 11.6 Å². The maximum atomic E-state index is 13.6. The smallest absolute Gasteiger partial charge is 0.459 e. The topological polar surface area (TPSA) is 161 Å². The van der Waals surface area contributed by atoms with Crippen LogP contribution in [0.4, 0.5) is 0 Å². The highest BCUT2D eigenvalue weighted by atomic mass is 79.9. The summed E-state index contributed by atoms with van der Waals surface area (Å²) >= 11 is 9.50. The second-order valence-electron chi connectivity index (χ2n) is 8.24. The predicted molar refractivity (Wildman–Crippen MR) is 136 cm³/mol. The summed E-state index contributed by atoms with van der Waals surface area (Å²) in [5.74, 6) is -1.35. The first-order valence-electron chi connectivity index (χ1n) is 11.2. The van der Waals surface area contributed by atoms with Crippen molar-refractivity contribution in [2.24, 2.45) is 5.73 Å². The molecule has 0 saturated carbocycles. The minimum atomic E-state index is -4.08. The average molecular weight is 622 g/mol. The molecule has 37 heavy (non-hydrogen) atoms. The Morgan fingerprint density at radius 2 is 2.00 bits per heavy atom. The Labute approximate surface area is 227 Å². The lowest BCUT2D eigenvalue weighted by atomic mass is 10.2. The second kappa shape index (κ2) is 13.0. The Hall–Kier alpha value is -2.28. The summed E-state index contributed by atoms with van der Waals surface area (Å²) in [6, 6.07) is 7.34. The lowest BCUT2D eigenvalue weighted by molar-refractivity contribution is -0.149. The first-order valence-corrected chi connectivity index (χ1v) is 14.0. The largest absolute Gasteiger partial charge is 0.462 e. The molecule has 202 valence electrons. The number of nitrogens with two attached hydrogens (primary N) is 1. The molecule has 0 radical (unpaired) electrons. The predicted octanol–water partition coefficient (Wildman–Crippen LogP) is 3.57. The zero-order valence-electron chi connectivity index (χ0n) is 20.2. The quantitative estimate of drug-likeness (QED) is 0.202. The fourth-order valence-corrected chi connectivity index (χ4v) is 5.24. The van der Waals surface area contributed by atoms with Crippen LogP contribution in [0.5, 0.6) is 11.6 Å². The van der Waals surface area contributed by atoms with E-state index < -0.39 is 43.4 Å². The van der Waals surface area contributed by atoms with Crippen LogP contribution in [0, 0.1) is 0 Å². The molecule has 3 rings (SSSR count). The first kappa shape index (κ1) is 29.3. The minimum absolute atomic E-state index is 0.148. The molecule has 5 atom stereocenters. The number of halogens is 2. The summed E-state index contributed by atoms with van der Waals surface area (Å²) in [4.78, 5) is 31.9. The van der Waals surface area contributed by atoms with Crippen LogP contribution >= 0.6 is 35.3 Å². The van der Waals surface area contributed by atoms with Crippen LogP contribution in [0.25, 0.3) is 0 Å². The van der Waals surface area contributed by atoms with Gasteiger partial charge in [0.1, 0.15) is 16.4 Å². The van der Waals surface area contributed by atoms with Gasteiger partial charge in [-0.3, -0.25) is 14.1 Å². The Bertz CT molecular complexity index is 1140. The fraction of sp³-hybridized carbons (Fsp3) is 0.455. The van der Waals surface area contributed by atoms with Gasteiger partial charge in [-0.1, -0.05) is 18.2 Å². The standard InChI is InChI=1S/C22H27BrClN4O8P/c1-12(2)33-21(30)13(3)28-37(31,36-14-7-5-4-6-8-14)32-11-15-9-16(24)22(34-15)35-20-18(19(25)29)27-17(23)10-26-20/h4-8,10,12-13,15-16,22H,9,11H2,1-3H3,(H2,25,29)(H,28,31)/t13?,15-,16-,22?,37?/m0/s1. The summed E-state index contributed by atoms with van der Waals surface area (Å²) in [7, 11) is -4.08. The number of ether oxygens (including phenoxy) is 3. The summed E-state index contributed by atoms with van der Waals surface area (Å²) in [5, 5.41) is 1.94. The molecule has 0 bridgehead atoms. The lowest BCUT2D eigenvalue weighted by Gasteiger charge is -2.24. The van der Waals surface area contributed by atoms with Crippen molar-refractivity contribution in [3.63, 3.8) is 0 Å². The van der Waals surface area contributed by atoms with Crippen LogP contribution in [-0.4, -0.2) is 58.4 Å². The monoisotopic (exact) mass is 620 g/mol. The summed E-state index contributed by atoms with van der Waals surface area (Å²) in [5.41, 5.74) is 5.14. The summed E-state index contributed by atoms with van der Waals surface area (Å²) in [6.07, 6.45) is -0.471. The number of nitrogens with zero attached hydrogens (tertiary/aromatic N) is 2. The van der Waals surface area contributed by atoms with Crippen molar-refractivity contribution >= 4 is 47.2 Å². The van der Waals surface area contributed by atoms with Gasteiger partial charge in [-0.05, 0) is 55.3 Å². The van der Waals surface area contributed by atoms with E-state index in [1.807, 2.05) is 0 Å². The van der Waals surface area contributed by atoms with Gasteiger partial charge in [0.05, 0.1) is 30.4 Å². The van der Waals surface area contributed by atoms with Gasteiger partial charge in [-0.2, -0.15) is 5.09 Å². The number of hydrogen-bond donors (Lipinski definition) is 2. The molecule has 1 aromatic carbocycles. The third-order valence-corrected chi connectivity index (χ3v) is 7.15. The Balaban J connectivity index is 1.67. The molecule has 1 saturated heterocycles. The van der Waals surface area contributed by atoms with Gasteiger partial charge < -0.3 is 24.5 Å². The number of amides is 1. The van der Waals surface area contributed by atoms with E-state index in [1.165, 1.54) is 13.1 Å². The molecule has 3 N–H and O–H groups in total. The van der Waals surface area contributed by atoms with Crippen molar-refractivity contribution in [3.8, 4) is 11.6 Å². The van der Waals surface area contributed by atoms with Crippen LogP contribution in [0.15, 0.2) is 41.1 Å². The van der Waals surface area contributed by atoms with Crippen molar-refractivity contribution in [2.75, 3.05) is 6.61 Å². The second-order valence-corrected chi connectivity index (χ2v) is 11.3. The Kier molecular flexibility index (Phi) is 10.3. The number of para-hydroxylation sites is 1. The van der Waals surface area contributed by atoms with Gasteiger partial charge >= 0.3 is 13.7 Å². The molecule has 1 aliphatic rings. The number of carbonyl (C=O) groups excluding carboxylic acids is 2. The number of alkyl halides is 1.